The van der Waals surface area contributed by atoms with Crippen molar-refractivity contribution in [1.82, 2.24) is 34.1 Å². The number of halogens is 1. The van der Waals surface area contributed by atoms with E-state index in [1.165, 1.54) is 34.2 Å². The van der Waals surface area contributed by atoms with E-state index < -0.39 is 11.9 Å². The zero-order valence-corrected chi connectivity index (χ0v) is 22.4. The number of nitrogens with zero attached hydrogens (tertiary/aromatic N) is 7. The highest BCUT2D eigenvalue weighted by Gasteiger charge is 2.28. The second-order valence-electron chi connectivity index (χ2n) is 9.86. The van der Waals surface area contributed by atoms with Crippen LogP contribution in [0.5, 0.6) is 5.19 Å². The zero-order valence-electron chi connectivity index (χ0n) is 21.6. The number of hydrogen-bond donors (Lipinski definition) is 1. The summed E-state index contributed by atoms with van der Waals surface area (Å²) in [5.41, 5.74) is 9.54. The number of anilines is 1. The first-order valence-corrected chi connectivity index (χ1v) is 13.6. The maximum Gasteiger partial charge on any atom is 0.274 e. The van der Waals surface area contributed by atoms with Crippen molar-refractivity contribution in [3.63, 3.8) is 0 Å². The van der Waals surface area contributed by atoms with Crippen LogP contribution in [0.25, 0.3) is 38.4 Å². The summed E-state index contributed by atoms with van der Waals surface area (Å²) in [7, 11) is 0. The van der Waals surface area contributed by atoms with Gasteiger partial charge in [0.2, 0.25) is 0 Å². The molecule has 1 fully saturated rings. The van der Waals surface area contributed by atoms with E-state index in [0.717, 1.165) is 23.3 Å². The molecule has 1 aromatic carbocycles. The van der Waals surface area contributed by atoms with Crippen LogP contribution in [0.2, 0.25) is 0 Å². The van der Waals surface area contributed by atoms with Gasteiger partial charge in [0.05, 0.1) is 33.8 Å². The summed E-state index contributed by atoms with van der Waals surface area (Å²) in [6, 6.07) is 9.04. The van der Waals surface area contributed by atoms with Crippen LogP contribution < -0.4 is 16.0 Å². The van der Waals surface area contributed by atoms with Crippen molar-refractivity contribution in [1.29, 1.82) is 0 Å². The van der Waals surface area contributed by atoms with Crippen LogP contribution in [0, 0.1) is 12.7 Å². The number of rotatable bonds is 6. The highest BCUT2D eigenvalue weighted by molar-refractivity contribution is 7.16. The normalized spacial score (nSPS) is 14.2. The Hall–Kier alpha value is -4.71. The summed E-state index contributed by atoms with van der Waals surface area (Å²) in [6.45, 7) is 3.77. The van der Waals surface area contributed by atoms with Gasteiger partial charge in [-0.15, -0.1) is 0 Å². The summed E-state index contributed by atoms with van der Waals surface area (Å²) in [5, 5.41) is 6.04. The van der Waals surface area contributed by atoms with Crippen LogP contribution in [0.15, 0.2) is 59.9 Å². The number of benzene rings is 1. The predicted molar refractivity (Wildman–Crippen MR) is 150 cm³/mol. The molecule has 2 N–H and O–H groups in total. The van der Waals surface area contributed by atoms with Crippen LogP contribution in [0.3, 0.4) is 0 Å². The van der Waals surface area contributed by atoms with Crippen molar-refractivity contribution in [2.75, 3.05) is 5.73 Å². The quantitative estimate of drug-likeness (QED) is 0.311. The van der Waals surface area contributed by atoms with E-state index in [-0.39, 0.29) is 23.0 Å². The van der Waals surface area contributed by atoms with Crippen molar-refractivity contribution in [2.24, 2.45) is 0 Å². The van der Waals surface area contributed by atoms with E-state index in [2.05, 4.69) is 15.0 Å². The van der Waals surface area contributed by atoms with Crippen molar-refractivity contribution in [3.05, 3.63) is 82.5 Å². The average molecular weight is 555 g/mol. The lowest BCUT2D eigenvalue weighted by Gasteiger charge is -2.18. The van der Waals surface area contributed by atoms with E-state index >= 15 is 0 Å². The van der Waals surface area contributed by atoms with E-state index in [4.69, 9.17) is 20.6 Å². The first-order chi connectivity index (χ1) is 19.4. The van der Waals surface area contributed by atoms with Crippen molar-refractivity contribution >= 4 is 33.8 Å². The Kier molecular flexibility index (Phi) is 5.59. The van der Waals surface area contributed by atoms with E-state index in [0.29, 0.717) is 38.8 Å². The molecule has 5 aromatic heterocycles. The topological polar surface area (TPSA) is 126 Å². The minimum atomic E-state index is -0.585. The van der Waals surface area contributed by atoms with Crippen LogP contribution in [0.1, 0.15) is 37.1 Å². The molecule has 1 saturated carbocycles. The molecule has 6 aromatic rings. The van der Waals surface area contributed by atoms with E-state index in [1.54, 1.807) is 35.3 Å². The molecular weight excluding hydrogens is 531 g/mol. The number of pyridine rings is 1. The largest absolute Gasteiger partial charge is 0.467 e. The van der Waals surface area contributed by atoms with Crippen molar-refractivity contribution in [2.45, 2.75) is 38.8 Å². The van der Waals surface area contributed by atoms with Gasteiger partial charge in [-0.2, -0.15) is 5.10 Å². The summed E-state index contributed by atoms with van der Waals surface area (Å²) in [6.07, 6.45) is 7.06. The molecule has 0 aliphatic heterocycles. The second-order valence-corrected chi connectivity index (χ2v) is 10.8. The Labute approximate surface area is 231 Å². The molecule has 0 spiro atoms. The van der Waals surface area contributed by atoms with Gasteiger partial charge in [0.15, 0.2) is 5.65 Å². The Balaban J connectivity index is 1.45. The zero-order chi connectivity index (χ0) is 27.5. The lowest BCUT2D eigenvalue weighted by Crippen LogP contribution is -2.23. The van der Waals surface area contributed by atoms with Crippen LogP contribution >= 0.6 is 11.3 Å². The van der Waals surface area contributed by atoms with Gasteiger partial charge in [-0.3, -0.25) is 9.20 Å². The molecule has 0 unspecified atom stereocenters. The highest BCUT2D eigenvalue weighted by atomic mass is 32.1. The minimum Gasteiger partial charge on any atom is -0.467 e. The highest BCUT2D eigenvalue weighted by Crippen LogP contribution is 2.39. The lowest BCUT2D eigenvalue weighted by molar-refractivity contribution is 0.301. The first-order valence-electron chi connectivity index (χ1n) is 12.8. The molecule has 1 atom stereocenters. The first kappa shape index (κ1) is 24.3. The average Bonchev–Trinajstić information content (AvgIpc) is 3.48. The van der Waals surface area contributed by atoms with Crippen LogP contribution in [-0.2, 0) is 0 Å². The standard InChI is InChI=1S/C28H23FN8O2S/c1-14-6-9-20-34-23(21(27(38)36(20)12-14)16-4-3-5-17(29)10-16)15(2)37-26-22(25(30)32-13-33-26)24(35-37)19-11-31-28(40-19)39-18-7-8-18/h3-6,9-13,15,18H,7-8H2,1-2H3,(H2,30,32,33)/t15-/m1/s1. The van der Waals surface area contributed by atoms with Gasteiger partial charge < -0.3 is 10.5 Å². The van der Waals surface area contributed by atoms with Crippen LogP contribution in [0.4, 0.5) is 10.2 Å². The number of fused-ring (bicyclic) bond motifs is 2. The SMILES string of the molecule is Cc1ccc2nc([C@@H](C)n3nc(-c4cnc(OC5CC5)s4)c4c(N)ncnc43)c(-c3cccc(F)c3)c(=O)n2c1. The fourth-order valence-corrected chi connectivity index (χ4v) is 5.61. The summed E-state index contributed by atoms with van der Waals surface area (Å²) < 4.78 is 23.4. The summed E-state index contributed by atoms with van der Waals surface area (Å²) >= 11 is 1.38. The minimum absolute atomic E-state index is 0.213. The molecule has 200 valence electrons. The fraction of sp³-hybridized carbons (Fsp3) is 0.214. The smallest absolute Gasteiger partial charge is 0.274 e. The molecule has 5 heterocycles. The number of ether oxygens (including phenoxy) is 1. The van der Waals surface area contributed by atoms with Crippen LogP contribution in [-0.4, -0.2) is 40.2 Å². The Morgan fingerprint density at radius 3 is 2.83 bits per heavy atom. The van der Waals surface area contributed by atoms with E-state index in [1.807, 2.05) is 19.9 Å². The third-order valence-corrected chi connectivity index (χ3v) is 7.80. The number of hydrogen-bond acceptors (Lipinski definition) is 9. The maximum atomic E-state index is 14.4. The molecule has 40 heavy (non-hydrogen) atoms. The number of nitrogen functional groups attached to an aromatic ring is 1. The molecule has 0 radical (unpaired) electrons. The third kappa shape index (κ3) is 4.08. The molecule has 0 saturated heterocycles. The number of aromatic nitrogens is 7. The fourth-order valence-electron chi connectivity index (χ4n) is 4.78. The van der Waals surface area contributed by atoms with Crippen molar-refractivity contribution in [3.8, 4) is 26.9 Å². The van der Waals surface area contributed by atoms with E-state index in [9.17, 15) is 9.18 Å². The summed E-state index contributed by atoms with van der Waals surface area (Å²) in [5.74, 6) is -0.185. The monoisotopic (exact) mass is 554 g/mol. The maximum absolute atomic E-state index is 14.4. The molecule has 7 rings (SSSR count). The number of thiazole rings is 1. The number of aryl methyl sites for hydroxylation is 1. The second kappa shape index (κ2) is 9.19. The molecule has 0 bridgehead atoms. The van der Waals surface area contributed by atoms with Crippen molar-refractivity contribution < 1.29 is 9.13 Å². The van der Waals surface area contributed by atoms with Gasteiger partial charge in [-0.25, -0.2) is 29.0 Å². The van der Waals surface area contributed by atoms with Gasteiger partial charge in [0.1, 0.15) is 35.4 Å². The van der Waals surface area contributed by atoms with Gasteiger partial charge in [-0.1, -0.05) is 29.5 Å². The number of nitrogens with two attached hydrogens (primary N) is 1. The lowest BCUT2D eigenvalue weighted by atomic mass is 10.0. The Bertz CT molecular complexity index is 1990. The van der Waals surface area contributed by atoms with Gasteiger partial charge >= 0.3 is 0 Å². The Morgan fingerprint density at radius 2 is 2.02 bits per heavy atom. The molecule has 10 nitrogen and oxygen atoms in total. The summed E-state index contributed by atoms with van der Waals surface area (Å²) in [4.78, 5) is 32.6. The van der Waals surface area contributed by atoms with Gasteiger partial charge in [0.25, 0.3) is 10.8 Å². The molecule has 0 amide bonds. The Morgan fingerprint density at radius 1 is 1.18 bits per heavy atom. The van der Waals surface area contributed by atoms with Gasteiger partial charge in [-0.05, 0) is 56.0 Å². The molecule has 12 heteroatoms. The molecular formula is C28H23FN8O2S. The predicted octanol–water partition coefficient (Wildman–Crippen LogP) is 4.80. The molecule has 1 aliphatic rings. The third-order valence-electron chi connectivity index (χ3n) is 6.90. The molecule has 1 aliphatic carbocycles. The van der Waals surface area contributed by atoms with Gasteiger partial charge in [0, 0.05) is 6.20 Å².